The maximum absolute atomic E-state index is 11.8. The summed E-state index contributed by atoms with van der Waals surface area (Å²) in [6.07, 6.45) is 0. The Morgan fingerprint density at radius 2 is 1.88 bits per heavy atom. The molecule has 4 aromatic rings. The lowest BCUT2D eigenvalue weighted by molar-refractivity contribution is 0.557. The molecule has 0 aliphatic rings. The van der Waals surface area contributed by atoms with Crippen LogP contribution in [-0.2, 0) is 0 Å². The highest BCUT2D eigenvalue weighted by Crippen LogP contribution is 2.31. The largest absolute Gasteiger partial charge is 0.423 e. The van der Waals surface area contributed by atoms with Crippen molar-refractivity contribution in [2.45, 2.75) is 17.0 Å². The Bertz CT molecular complexity index is 1070. The van der Waals surface area contributed by atoms with Crippen molar-refractivity contribution in [1.29, 1.82) is 0 Å². The molecule has 6 nitrogen and oxygen atoms in total. The third kappa shape index (κ3) is 2.69. The van der Waals surface area contributed by atoms with E-state index in [2.05, 4.69) is 15.5 Å². The molecule has 2 heterocycles. The standard InChI is InChI=1S/C17H12N4O2S/c1-11-6-8-12(9-7-11)21-17(18-19-20-21)24-15-10-16(22)23-14-5-3-2-4-13(14)15/h2-10H,1H3. The van der Waals surface area contributed by atoms with Crippen LogP contribution >= 0.6 is 11.8 Å². The van der Waals surface area contributed by atoms with Crippen LogP contribution in [0.5, 0.6) is 0 Å². The summed E-state index contributed by atoms with van der Waals surface area (Å²) in [5, 5.41) is 13.3. The molecule has 0 fully saturated rings. The molecule has 0 unspecified atom stereocenters. The Hall–Kier alpha value is -2.93. The van der Waals surface area contributed by atoms with Gasteiger partial charge < -0.3 is 4.42 Å². The van der Waals surface area contributed by atoms with E-state index in [-0.39, 0.29) is 0 Å². The monoisotopic (exact) mass is 336 g/mol. The summed E-state index contributed by atoms with van der Waals surface area (Å²) in [6, 6.07) is 16.8. The van der Waals surface area contributed by atoms with Gasteiger partial charge in [-0.1, -0.05) is 35.9 Å². The van der Waals surface area contributed by atoms with Gasteiger partial charge in [0.1, 0.15) is 5.58 Å². The summed E-state index contributed by atoms with van der Waals surface area (Å²) < 4.78 is 6.87. The summed E-state index contributed by atoms with van der Waals surface area (Å²) in [4.78, 5) is 12.5. The van der Waals surface area contributed by atoms with Crippen molar-refractivity contribution in [3.05, 3.63) is 70.6 Å². The van der Waals surface area contributed by atoms with Crippen LogP contribution in [0.4, 0.5) is 0 Å². The van der Waals surface area contributed by atoms with Gasteiger partial charge in [-0.3, -0.25) is 0 Å². The topological polar surface area (TPSA) is 73.8 Å². The van der Waals surface area contributed by atoms with E-state index < -0.39 is 5.63 Å². The molecule has 0 saturated carbocycles. The van der Waals surface area contributed by atoms with E-state index in [0.29, 0.717) is 10.7 Å². The first-order valence-electron chi connectivity index (χ1n) is 7.27. The molecule has 24 heavy (non-hydrogen) atoms. The maximum Gasteiger partial charge on any atom is 0.337 e. The van der Waals surface area contributed by atoms with Crippen LogP contribution in [-0.4, -0.2) is 20.2 Å². The Morgan fingerprint density at radius 1 is 1.08 bits per heavy atom. The molecule has 4 rings (SSSR count). The second kappa shape index (κ2) is 5.93. The minimum Gasteiger partial charge on any atom is -0.423 e. The van der Waals surface area contributed by atoms with Gasteiger partial charge in [0.25, 0.3) is 0 Å². The number of benzene rings is 2. The fraction of sp³-hybridized carbons (Fsp3) is 0.0588. The van der Waals surface area contributed by atoms with E-state index in [9.17, 15) is 4.79 Å². The number of hydrogen-bond acceptors (Lipinski definition) is 6. The summed E-state index contributed by atoms with van der Waals surface area (Å²) in [5.74, 6) is 0. The fourth-order valence-corrected chi connectivity index (χ4v) is 3.29. The van der Waals surface area contributed by atoms with Gasteiger partial charge in [0, 0.05) is 16.3 Å². The predicted octanol–water partition coefficient (Wildman–Crippen LogP) is 3.23. The Balaban J connectivity index is 1.79. The molecule has 0 radical (unpaired) electrons. The van der Waals surface area contributed by atoms with E-state index in [0.717, 1.165) is 21.5 Å². The van der Waals surface area contributed by atoms with Crippen molar-refractivity contribution in [1.82, 2.24) is 20.2 Å². The second-order valence-corrected chi connectivity index (χ2v) is 6.25. The predicted molar refractivity (Wildman–Crippen MR) is 90.5 cm³/mol. The molecule has 0 amide bonds. The van der Waals surface area contributed by atoms with Gasteiger partial charge in [0.05, 0.1) is 5.69 Å². The van der Waals surface area contributed by atoms with Gasteiger partial charge in [-0.25, -0.2) is 4.79 Å². The van der Waals surface area contributed by atoms with Gasteiger partial charge in [-0.05, 0) is 47.3 Å². The summed E-state index contributed by atoms with van der Waals surface area (Å²) in [5.41, 5.74) is 2.17. The van der Waals surface area contributed by atoms with Crippen molar-refractivity contribution >= 4 is 22.7 Å². The average Bonchev–Trinajstić information content (AvgIpc) is 3.03. The highest BCUT2D eigenvalue weighted by Gasteiger charge is 2.13. The van der Waals surface area contributed by atoms with Crippen molar-refractivity contribution in [3.63, 3.8) is 0 Å². The molecule has 0 aliphatic carbocycles. The van der Waals surface area contributed by atoms with Crippen LogP contribution in [0.25, 0.3) is 16.7 Å². The minimum absolute atomic E-state index is 0.398. The normalized spacial score (nSPS) is 11.0. The van der Waals surface area contributed by atoms with Crippen molar-refractivity contribution in [2.24, 2.45) is 0 Å². The number of nitrogens with zero attached hydrogens (tertiary/aromatic N) is 4. The van der Waals surface area contributed by atoms with Crippen LogP contribution in [0.3, 0.4) is 0 Å². The highest BCUT2D eigenvalue weighted by molar-refractivity contribution is 7.99. The van der Waals surface area contributed by atoms with Gasteiger partial charge in [0.2, 0.25) is 5.16 Å². The van der Waals surface area contributed by atoms with Gasteiger partial charge in [0.15, 0.2) is 0 Å². The lowest BCUT2D eigenvalue weighted by Crippen LogP contribution is -2.00. The molecule has 7 heteroatoms. The number of hydrogen-bond donors (Lipinski definition) is 0. The number of tetrazole rings is 1. The first-order valence-corrected chi connectivity index (χ1v) is 8.08. The molecular weight excluding hydrogens is 324 g/mol. The zero-order chi connectivity index (χ0) is 16.5. The molecule has 118 valence electrons. The van der Waals surface area contributed by atoms with Crippen molar-refractivity contribution < 1.29 is 4.42 Å². The third-order valence-corrected chi connectivity index (χ3v) is 4.53. The van der Waals surface area contributed by atoms with E-state index in [1.165, 1.54) is 17.8 Å². The van der Waals surface area contributed by atoms with Gasteiger partial charge >= 0.3 is 5.63 Å². The molecule has 2 aromatic carbocycles. The van der Waals surface area contributed by atoms with Crippen LogP contribution < -0.4 is 5.63 Å². The number of fused-ring (bicyclic) bond motifs is 1. The summed E-state index contributed by atoms with van der Waals surface area (Å²) >= 11 is 1.33. The van der Waals surface area contributed by atoms with Crippen LogP contribution in [0.2, 0.25) is 0 Å². The van der Waals surface area contributed by atoms with Crippen LogP contribution in [0.15, 0.2) is 73.9 Å². The molecular formula is C17H12N4O2S. The zero-order valence-corrected chi connectivity index (χ0v) is 13.5. The maximum atomic E-state index is 11.8. The highest BCUT2D eigenvalue weighted by atomic mass is 32.2. The van der Waals surface area contributed by atoms with E-state index in [1.807, 2.05) is 49.4 Å². The first-order chi connectivity index (χ1) is 11.7. The third-order valence-electron chi connectivity index (χ3n) is 3.53. The first kappa shape index (κ1) is 14.6. The zero-order valence-electron chi connectivity index (χ0n) is 12.7. The van der Waals surface area contributed by atoms with Gasteiger partial charge in [-0.15, -0.1) is 5.10 Å². The van der Waals surface area contributed by atoms with E-state index >= 15 is 0 Å². The van der Waals surface area contributed by atoms with Crippen molar-refractivity contribution in [3.8, 4) is 5.69 Å². The van der Waals surface area contributed by atoms with Crippen LogP contribution in [0.1, 0.15) is 5.56 Å². The molecule has 0 spiro atoms. The Labute approximate surface area is 141 Å². The number of aryl methyl sites for hydroxylation is 1. The lowest BCUT2D eigenvalue weighted by atomic mass is 10.2. The quantitative estimate of drug-likeness (QED) is 0.535. The van der Waals surface area contributed by atoms with Crippen molar-refractivity contribution in [2.75, 3.05) is 0 Å². The molecule has 0 saturated heterocycles. The van der Waals surface area contributed by atoms with E-state index in [1.54, 1.807) is 10.7 Å². The molecule has 0 aliphatic heterocycles. The fourth-order valence-electron chi connectivity index (χ4n) is 2.36. The Kier molecular flexibility index (Phi) is 3.62. The SMILES string of the molecule is Cc1ccc(-n2nnnc2Sc2cc(=O)oc3ccccc23)cc1. The minimum atomic E-state index is -0.398. The molecule has 2 aromatic heterocycles. The summed E-state index contributed by atoms with van der Waals surface area (Å²) in [6.45, 7) is 2.02. The molecule has 0 atom stereocenters. The number of rotatable bonds is 3. The van der Waals surface area contributed by atoms with Gasteiger partial charge in [-0.2, -0.15) is 4.68 Å². The van der Waals surface area contributed by atoms with E-state index in [4.69, 9.17) is 4.42 Å². The van der Waals surface area contributed by atoms with Crippen LogP contribution in [0, 0.1) is 6.92 Å². The smallest absolute Gasteiger partial charge is 0.337 e. The number of para-hydroxylation sites is 1. The number of aromatic nitrogens is 4. The lowest BCUT2D eigenvalue weighted by Gasteiger charge is -2.06. The summed E-state index contributed by atoms with van der Waals surface area (Å²) in [7, 11) is 0. The second-order valence-electron chi connectivity index (χ2n) is 5.24. The molecule has 0 N–H and O–H groups in total. The molecule has 0 bridgehead atoms. The average molecular weight is 336 g/mol. The Morgan fingerprint density at radius 3 is 2.71 bits per heavy atom.